The van der Waals surface area contributed by atoms with Crippen LogP contribution in [0.4, 0.5) is 10.2 Å². The Morgan fingerprint density at radius 1 is 1.16 bits per heavy atom. The number of carbonyl (C=O) groups excluding carboxylic acids is 1. The summed E-state index contributed by atoms with van der Waals surface area (Å²) < 4.78 is 34.6. The number of rotatable bonds is 9. The Morgan fingerprint density at radius 2 is 2.00 bits per heavy atom. The van der Waals surface area contributed by atoms with Crippen molar-refractivity contribution in [3.05, 3.63) is 71.9 Å². The highest BCUT2D eigenvalue weighted by atomic mass is 19.1. The SMILES string of the molecule is CCCOCn1ncc2cc(-n3cccn3)c(C(C)Oc3cc4cc(C(=O)OC)c(F)cc4nc3N)cc21. The minimum Gasteiger partial charge on any atom is -0.482 e. The lowest BCUT2D eigenvalue weighted by Crippen LogP contribution is -2.11. The van der Waals surface area contributed by atoms with Gasteiger partial charge in [-0.15, -0.1) is 0 Å². The molecule has 0 saturated heterocycles. The van der Waals surface area contributed by atoms with Gasteiger partial charge in [0.05, 0.1) is 35.6 Å². The Balaban J connectivity index is 1.55. The van der Waals surface area contributed by atoms with Crippen molar-refractivity contribution in [1.29, 1.82) is 0 Å². The molecule has 0 aliphatic rings. The van der Waals surface area contributed by atoms with E-state index in [1.807, 2.05) is 31.3 Å². The van der Waals surface area contributed by atoms with E-state index >= 15 is 0 Å². The summed E-state index contributed by atoms with van der Waals surface area (Å²) in [6.45, 7) is 4.90. The monoisotopic (exact) mass is 518 g/mol. The highest BCUT2D eigenvalue weighted by Gasteiger charge is 2.20. The molecule has 2 N–H and O–H groups in total. The van der Waals surface area contributed by atoms with Crippen LogP contribution in [-0.2, 0) is 16.2 Å². The average Bonchev–Trinajstić information content (AvgIpc) is 3.58. The second-order valence-electron chi connectivity index (χ2n) is 8.75. The molecule has 0 saturated carbocycles. The smallest absolute Gasteiger partial charge is 0.340 e. The molecule has 0 spiro atoms. The number of methoxy groups -OCH3 is 1. The summed E-state index contributed by atoms with van der Waals surface area (Å²) >= 11 is 0. The Labute approximate surface area is 217 Å². The van der Waals surface area contributed by atoms with Crippen molar-refractivity contribution >= 4 is 33.6 Å². The molecule has 0 radical (unpaired) electrons. The maximum Gasteiger partial charge on any atom is 0.340 e. The second-order valence-corrected chi connectivity index (χ2v) is 8.75. The molecule has 3 aromatic heterocycles. The van der Waals surface area contributed by atoms with Crippen molar-refractivity contribution in [1.82, 2.24) is 24.5 Å². The topological polar surface area (TPSA) is 119 Å². The molecule has 38 heavy (non-hydrogen) atoms. The van der Waals surface area contributed by atoms with Gasteiger partial charge >= 0.3 is 5.97 Å². The molecule has 0 aliphatic heterocycles. The van der Waals surface area contributed by atoms with Crippen LogP contribution in [-0.4, -0.2) is 44.2 Å². The number of nitrogen functional groups attached to an aromatic ring is 1. The summed E-state index contributed by atoms with van der Waals surface area (Å²) in [5.74, 6) is -1.14. The molecule has 3 heterocycles. The van der Waals surface area contributed by atoms with Crippen LogP contribution in [0.2, 0.25) is 0 Å². The van der Waals surface area contributed by atoms with E-state index in [1.54, 1.807) is 27.8 Å². The number of nitrogens with two attached hydrogens (primary N) is 1. The number of hydrogen-bond donors (Lipinski definition) is 1. The number of hydrogen-bond acceptors (Lipinski definition) is 8. The quantitative estimate of drug-likeness (QED) is 0.218. The van der Waals surface area contributed by atoms with Crippen LogP contribution in [0.3, 0.4) is 0 Å². The third-order valence-electron chi connectivity index (χ3n) is 6.15. The van der Waals surface area contributed by atoms with Gasteiger partial charge in [-0.1, -0.05) is 6.92 Å². The fraction of sp³-hybridized carbons (Fsp3) is 0.259. The van der Waals surface area contributed by atoms with Crippen LogP contribution in [0.25, 0.3) is 27.5 Å². The van der Waals surface area contributed by atoms with Gasteiger partial charge in [-0.2, -0.15) is 10.2 Å². The van der Waals surface area contributed by atoms with Crippen LogP contribution < -0.4 is 10.5 Å². The van der Waals surface area contributed by atoms with Gasteiger partial charge in [-0.25, -0.2) is 23.5 Å². The van der Waals surface area contributed by atoms with Crippen LogP contribution in [0.15, 0.2) is 55.0 Å². The molecule has 1 unspecified atom stereocenters. The number of halogens is 1. The van der Waals surface area contributed by atoms with E-state index in [9.17, 15) is 9.18 Å². The summed E-state index contributed by atoms with van der Waals surface area (Å²) in [6.07, 6.45) is 5.75. The van der Waals surface area contributed by atoms with E-state index in [0.29, 0.717) is 30.0 Å². The molecular weight excluding hydrogens is 491 g/mol. The van der Waals surface area contributed by atoms with Gasteiger partial charge < -0.3 is 19.9 Å². The fourth-order valence-electron chi connectivity index (χ4n) is 4.27. The average molecular weight is 519 g/mol. The van der Waals surface area contributed by atoms with Crippen molar-refractivity contribution in [3.8, 4) is 11.4 Å². The van der Waals surface area contributed by atoms with Crippen LogP contribution in [0, 0.1) is 5.82 Å². The summed E-state index contributed by atoms with van der Waals surface area (Å²) in [7, 11) is 1.19. The molecule has 11 heteroatoms. The first-order valence-corrected chi connectivity index (χ1v) is 12.1. The maximum absolute atomic E-state index is 14.4. The number of fused-ring (bicyclic) bond motifs is 2. The number of pyridine rings is 1. The Morgan fingerprint density at radius 3 is 2.74 bits per heavy atom. The molecular formula is C27H27FN6O4. The van der Waals surface area contributed by atoms with Gasteiger partial charge in [-0.3, -0.25) is 0 Å². The molecule has 0 bridgehead atoms. The van der Waals surface area contributed by atoms with E-state index in [1.165, 1.54) is 13.2 Å². The largest absolute Gasteiger partial charge is 0.482 e. The lowest BCUT2D eigenvalue weighted by Gasteiger charge is -2.20. The Bertz CT molecular complexity index is 1620. The van der Waals surface area contributed by atoms with Gasteiger partial charge in [0.1, 0.15) is 18.7 Å². The highest BCUT2D eigenvalue weighted by Crippen LogP contribution is 2.34. The van der Waals surface area contributed by atoms with Crippen molar-refractivity contribution < 1.29 is 23.4 Å². The van der Waals surface area contributed by atoms with Crippen molar-refractivity contribution in [3.63, 3.8) is 0 Å². The molecule has 196 valence electrons. The van der Waals surface area contributed by atoms with Crippen molar-refractivity contribution in [2.45, 2.75) is 33.1 Å². The predicted octanol–water partition coefficient (Wildman–Crippen LogP) is 4.80. The first-order chi connectivity index (χ1) is 18.4. The lowest BCUT2D eigenvalue weighted by atomic mass is 10.1. The number of nitrogens with zero attached hydrogens (tertiary/aromatic N) is 5. The minimum absolute atomic E-state index is 0.0919. The molecule has 2 aromatic carbocycles. The summed E-state index contributed by atoms with van der Waals surface area (Å²) in [5, 5.41) is 10.3. The molecule has 0 fully saturated rings. The summed E-state index contributed by atoms with van der Waals surface area (Å²) in [5.41, 5.74) is 8.80. The van der Waals surface area contributed by atoms with Crippen LogP contribution in [0.1, 0.15) is 42.3 Å². The van der Waals surface area contributed by atoms with E-state index in [2.05, 4.69) is 26.8 Å². The maximum atomic E-state index is 14.4. The Hall–Kier alpha value is -4.51. The normalized spacial score (nSPS) is 12.2. The third-order valence-corrected chi connectivity index (χ3v) is 6.15. The number of ether oxygens (including phenoxy) is 3. The van der Waals surface area contributed by atoms with Crippen LogP contribution in [0.5, 0.6) is 5.75 Å². The van der Waals surface area contributed by atoms with E-state index in [-0.39, 0.29) is 11.4 Å². The fourth-order valence-corrected chi connectivity index (χ4v) is 4.27. The minimum atomic E-state index is -0.784. The number of aromatic nitrogens is 5. The lowest BCUT2D eigenvalue weighted by molar-refractivity contribution is 0.0595. The zero-order valence-corrected chi connectivity index (χ0v) is 21.2. The zero-order valence-electron chi connectivity index (χ0n) is 21.2. The number of benzene rings is 2. The van der Waals surface area contributed by atoms with E-state index in [0.717, 1.165) is 34.6 Å². The summed E-state index contributed by atoms with van der Waals surface area (Å²) in [6, 6.07) is 9.98. The summed E-state index contributed by atoms with van der Waals surface area (Å²) in [4.78, 5) is 16.3. The van der Waals surface area contributed by atoms with Gasteiger partial charge in [0, 0.05) is 41.4 Å². The van der Waals surface area contributed by atoms with Gasteiger partial charge in [-0.05, 0) is 43.7 Å². The van der Waals surface area contributed by atoms with Crippen molar-refractivity contribution in [2.24, 2.45) is 0 Å². The molecule has 1 atom stereocenters. The third kappa shape index (κ3) is 4.75. The van der Waals surface area contributed by atoms with Crippen LogP contribution >= 0.6 is 0 Å². The standard InChI is InChI=1S/C27H27FN6O4/c1-4-8-37-15-34-23-12-19(24(10-18(23)14-31-34)33-7-5-6-30-33)16(2)38-25-11-17-9-20(27(35)36-3)21(28)13-22(17)32-26(25)29/h5-7,9-14,16H,4,8,15H2,1-3H3,(H2,29,32). The second kappa shape index (κ2) is 10.5. The molecule has 5 rings (SSSR count). The number of anilines is 1. The van der Waals surface area contributed by atoms with Gasteiger partial charge in [0.15, 0.2) is 11.6 Å². The number of esters is 1. The number of carbonyl (C=O) groups is 1. The van der Waals surface area contributed by atoms with E-state index < -0.39 is 17.9 Å². The molecule has 0 amide bonds. The molecule has 0 aliphatic carbocycles. The molecule has 10 nitrogen and oxygen atoms in total. The Kier molecular flexibility index (Phi) is 6.93. The zero-order chi connectivity index (χ0) is 26.8. The predicted molar refractivity (Wildman–Crippen MR) is 140 cm³/mol. The van der Waals surface area contributed by atoms with Gasteiger partial charge in [0.2, 0.25) is 0 Å². The van der Waals surface area contributed by atoms with Gasteiger partial charge in [0.25, 0.3) is 0 Å². The highest BCUT2D eigenvalue weighted by molar-refractivity contribution is 5.95. The molecule has 5 aromatic rings. The van der Waals surface area contributed by atoms with E-state index in [4.69, 9.17) is 15.2 Å². The van der Waals surface area contributed by atoms with Crippen molar-refractivity contribution in [2.75, 3.05) is 19.5 Å². The first kappa shape index (κ1) is 25.2. The first-order valence-electron chi connectivity index (χ1n) is 12.1.